The fourth-order valence-electron chi connectivity index (χ4n) is 6.09. The van der Waals surface area contributed by atoms with E-state index in [0.29, 0.717) is 24.4 Å². The molecular formula is C29H40N3O4+. The van der Waals surface area contributed by atoms with Crippen LogP contribution >= 0.6 is 0 Å². The molecule has 0 saturated carbocycles. The van der Waals surface area contributed by atoms with E-state index < -0.39 is 0 Å². The number of aromatic hydroxyl groups is 1. The predicted molar refractivity (Wildman–Crippen MR) is 141 cm³/mol. The van der Waals surface area contributed by atoms with E-state index in [1.54, 1.807) is 6.07 Å². The number of benzene rings is 2. The SMILES string of the molecule is CC(C)(NCCc1cc(O)cc2c1OCC(=O)N2)c1ccc(OCCC[N+]23CCC(CC2)CC3)cc1. The average Bonchev–Trinajstić information content (AvgIpc) is 2.87. The van der Waals surface area contributed by atoms with Crippen molar-refractivity contribution in [2.45, 2.75) is 51.5 Å². The Hall–Kier alpha value is -2.77. The third-order valence-electron chi connectivity index (χ3n) is 8.39. The molecule has 3 fully saturated rings. The number of hydrogen-bond acceptors (Lipinski definition) is 5. The van der Waals surface area contributed by atoms with Gasteiger partial charge in [-0.25, -0.2) is 0 Å². The van der Waals surface area contributed by atoms with Gasteiger partial charge in [0.15, 0.2) is 6.61 Å². The molecule has 0 radical (unpaired) electrons. The molecule has 2 bridgehead atoms. The second kappa shape index (κ2) is 10.3. The number of amides is 1. The third-order valence-corrected chi connectivity index (χ3v) is 8.39. The molecule has 7 nitrogen and oxygen atoms in total. The van der Waals surface area contributed by atoms with Gasteiger partial charge in [-0.05, 0) is 69.2 Å². The van der Waals surface area contributed by atoms with Crippen molar-refractivity contribution in [2.24, 2.45) is 5.92 Å². The first-order valence-electron chi connectivity index (χ1n) is 13.4. The van der Waals surface area contributed by atoms with Crippen LogP contribution in [0.2, 0.25) is 0 Å². The predicted octanol–water partition coefficient (Wildman–Crippen LogP) is 4.19. The number of rotatable bonds is 10. The number of anilines is 1. The molecule has 0 aliphatic carbocycles. The Morgan fingerprint density at radius 3 is 2.58 bits per heavy atom. The molecule has 4 aliphatic heterocycles. The van der Waals surface area contributed by atoms with E-state index in [0.717, 1.165) is 30.3 Å². The monoisotopic (exact) mass is 494 g/mol. The Balaban J connectivity index is 1.09. The molecule has 7 heteroatoms. The van der Waals surface area contributed by atoms with Crippen LogP contribution in [0.3, 0.4) is 0 Å². The van der Waals surface area contributed by atoms with E-state index in [1.165, 1.54) is 61.6 Å². The zero-order chi connectivity index (χ0) is 25.2. The Morgan fingerprint density at radius 1 is 1.14 bits per heavy atom. The highest BCUT2D eigenvalue weighted by Crippen LogP contribution is 2.36. The molecular weight excluding hydrogens is 454 g/mol. The molecule has 3 saturated heterocycles. The summed E-state index contributed by atoms with van der Waals surface area (Å²) in [4.78, 5) is 11.6. The van der Waals surface area contributed by atoms with Gasteiger partial charge in [-0.15, -0.1) is 0 Å². The molecule has 2 aromatic rings. The maximum atomic E-state index is 11.6. The lowest BCUT2D eigenvalue weighted by Crippen LogP contribution is -2.58. The number of carbonyl (C=O) groups is 1. The van der Waals surface area contributed by atoms with Crippen molar-refractivity contribution in [3.63, 3.8) is 0 Å². The summed E-state index contributed by atoms with van der Waals surface area (Å²) < 4.78 is 13.0. The minimum atomic E-state index is -0.235. The molecule has 2 aromatic carbocycles. The van der Waals surface area contributed by atoms with Crippen molar-refractivity contribution < 1.29 is 23.9 Å². The van der Waals surface area contributed by atoms with Gasteiger partial charge in [-0.3, -0.25) is 4.79 Å². The Labute approximate surface area is 214 Å². The summed E-state index contributed by atoms with van der Waals surface area (Å²) >= 11 is 0. The van der Waals surface area contributed by atoms with Crippen molar-refractivity contribution in [2.75, 3.05) is 51.3 Å². The minimum Gasteiger partial charge on any atom is -0.508 e. The molecule has 6 rings (SSSR count). The van der Waals surface area contributed by atoms with Crippen LogP contribution in [-0.2, 0) is 16.8 Å². The summed E-state index contributed by atoms with van der Waals surface area (Å²) in [5.74, 6) is 2.49. The van der Waals surface area contributed by atoms with Crippen LogP contribution in [0.4, 0.5) is 5.69 Å². The van der Waals surface area contributed by atoms with Gasteiger partial charge < -0.3 is 29.7 Å². The van der Waals surface area contributed by atoms with Crippen LogP contribution < -0.4 is 20.1 Å². The van der Waals surface area contributed by atoms with Gasteiger partial charge in [-0.2, -0.15) is 0 Å². The first-order chi connectivity index (χ1) is 17.3. The number of phenols is 1. The van der Waals surface area contributed by atoms with E-state index in [-0.39, 0.29) is 23.8 Å². The normalized spacial score (nSPS) is 23.1. The molecule has 0 atom stereocenters. The van der Waals surface area contributed by atoms with Gasteiger partial charge in [0.05, 0.1) is 38.5 Å². The van der Waals surface area contributed by atoms with E-state index in [1.807, 2.05) is 0 Å². The highest BCUT2D eigenvalue weighted by molar-refractivity contribution is 5.96. The number of fused-ring (bicyclic) bond motifs is 4. The van der Waals surface area contributed by atoms with Crippen molar-refractivity contribution in [3.05, 3.63) is 47.5 Å². The molecule has 1 amide bonds. The Bertz CT molecular complexity index is 1060. The molecule has 0 unspecified atom stereocenters. The smallest absolute Gasteiger partial charge is 0.262 e. The van der Waals surface area contributed by atoms with Crippen LogP contribution in [0.25, 0.3) is 0 Å². The number of carbonyl (C=O) groups excluding carboxylic acids is 1. The van der Waals surface area contributed by atoms with Gasteiger partial charge in [0.25, 0.3) is 5.91 Å². The van der Waals surface area contributed by atoms with Crippen LogP contribution in [0, 0.1) is 5.92 Å². The fourth-order valence-corrected chi connectivity index (χ4v) is 6.09. The first-order valence-corrected chi connectivity index (χ1v) is 13.4. The summed E-state index contributed by atoms with van der Waals surface area (Å²) in [6.45, 7) is 11.2. The maximum absolute atomic E-state index is 11.6. The zero-order valence-electron chi connectivity index (χ0n) is 21.6. The van der Waals surface area contributed by atoms with E-state index in [4.69, 9.17) is 9.47 Å². The Morgan fingerprint density at radius 2 is 1.86 bits per heavy atom. The topological polar surface area (TPSA) is 79.8 Å². The van der Waals surface area contributed by atoms with Crippen molar-refractivity contribution in [1.29, 1.82) is 0 Å². The second-order valence-corrected chi connectivity index (χ2v) is 11.3. The van der Waals surface area contributed by atoms with Crippen LogP contribution in [0.15, 0.2) is 36.4 Å². The molecule has 36 heavy (non-hydrogen) atoms. The van der Waals surface area contributed by atoms with E-state index in [9.17, 15) is 9.90 Å². The summed E-state index contributed by atoms with van der Waals surface area (Å²) in [6, 6.07) is 11.6. The third kappa shape index (κ3) is 5.62. The average molecular weight is 495 g/mol. The maximum Gasteiger partial charge on any atom is 0.262 e. The van der Waals surface area contributed by atoms with Crippen LogP contribution in [0.1, 0.15) is 50.7 Å². The minimum absolute atomic E-state index is 0.00145. The number of ether oxygens (including phenoxy) is 2. The largest absolute Gasteiger partial charge is 0.508 e. The fraction of sp³-hybridized carbons (Fsp3) is 0.552. The number of nitrogens with zero attached hydrogens (tertiary/aromatic N) is 1. The van der Waals surface area contributed by atoms with Gasteiger partial charge >= 0.3 is 0 Å². The lowest BCUT2D eigenvalue weighted by Gasteiger charge is -2.49. The van der Waals surface area contributed by atoms with Crippen LogP contribution in [0.5, 0.6) is 17.2 Å². The van der Waals surface area contributed by atoms with Crippen molar-refractivity contribution in [3.8, 4) is 17.2 Å². The molecule has 0 spiro atoms. The summed E-state index contributed by atoms with van der Waals surface area (Å²) in [5.41, 5.74) is 2.35. The number of piperidine rings is 3. The van der Waals surface area contributed by atoms with Crippen molar-refractivity contribution in [1.82, 2.24) is 5.32 Å². The molecule has 3 N–H and O–H groups in total. The summed E-state index contributed by atoms with van der Waals surface area (Å²) in [5, 5.41) is 16.4. The lowest BCUT2D eigenvalue weighted by molar-refractivity contribution is -0.942. The van der Waals surface area contributed by atoms with Crippen LogP contribution in [-0.4, -0.2) is 61.4 Å². The van der Waals surface area contributed by atoms with E-state index >= 15 is 0 Å². The summed E-state index contributed by atoms with van der Waals surface area (Å²) in [6.07, 6.45) is 6.06. The molecule has 4 heterocycles. The molecule has 194 valence electrons. The van der Waals surface area contributed by atoms with Gasteiger partial charge in [0.2, 0.25) is 0 Å². The second-order valence-electron chi connectivity index (χ2n) is 11.3. The first kappa shape index (κ1) is 24.9. The number of nitrogens with one attached hydrogen (secondary N) is 2. The van der Waals surface area contributed by atoms with Gasteiger partial charge in [-0.1, -0.05) is 12.1 Å². The van der Waals surface area contributed by atoms with Gasteiger partial charge in [0, 0.05) is 30.1 Å². The molecule has 0 aromatic heterocycles. The summed E-state index contributed by atoms with van der Waals surface area (Å²) in [7, 11) is 0. The molecule has 4 aliphatic rings. The van der Waals surface area contributed by atoms with E-state index in [2.05, 4.69) is 48.7 Å². The highest BCUT2D eigenvalue weighted by atomic mass is 16.5. The number of quaternary nitrogens is 1. The van der Waals surface area contributed by atoms with Gasteiger partial charge in [0.1, 0.15) is 17.2 Å². The Kier molecular flexibility index (Phi) is 7.13. The standard InChI is InChI=1S/C29H39N3O4/c1-29(2,30-12-8-22-18-24(33)19-26-28(22)36-20-27(34)31-26)23-4-6-25(7-5-23)35-17-3-13-32-14-9-21(10-15-32)11-16-32/h4-7,18-19,21,30H,3,8-17,20H2,1-2H3,(H-,31,33,34)/p+1. The lowest BCUT2D eigenvalue weighted by atomic mass is 9.85. The number of hydrogen-bond donors (Lipinski definition) is 3. The zero-order valence-corrected chi connectivity index (χ0v) is 21.6. The number of phenolic OH excluding ortho intramolecular Hbond substituents is 1. The van der Waals surface area contributed by atoms with Crippen molar-refractivity contribution >= 4 is 11.6 Å². The quantitative estimate of drug-likeness (QED) is 0.341. The highest BCUT2D eigenvalue weighted by Gasteiger charge is 2.39.